The predicted octanol–water partition coefficient (Wildman–Crippen LogP) is 1.24. The largest absolute Gasteiger partial charge is 0.486 e. The molecule has 6 heteroatoms. The molecule has 0 N–H and O–H groups in total. The van der Waals surface area contributed by atoms with Gasteiger partial charge < -0.3 is 19.1 Å². The number of methoxy groups -OCH3 is 1. The van der Waals surface area contributed by atoms with Crippen molar-refractivity contribution in [1.82, 2.24) is 4.90 Å². The van der Waals surface area contributed by atoms with Gasteiger partial charge in [-0.3, -0.25) is 4.79 Å². The summed E-state index contributed by atoms with van der Waals surface area (Å²) >= 11 is 0. The monoisotopic (exact) mass is 291 g/mol. The molecule has 0 spiro atoms. The van der Waals surface area contributed by atoms with E-state index in [0.717, 1.165) is 6.42 Å². The van der Waals surface area contributed by atoms with Gasteiger partial charge in [0.25, 0.3) is 5.91 Å². The van der Waals surface area contributed by atoms with Crippen molar-refractivity contribution in [2.75, 3.05) is 26.9 Å². The first-order chi connectivity index (χ1) is 10.2. The maximum absolute atomic E-state index is 12.7. The number of hydrogen-bond donors (Lipinski definition) is 0. The fraction of sp³-hybridized carbons (Fsp3) is 0.467. The molecule has 0 radical (unpaired) electrons. The van der Waals surface area contributed by atoms with Crippen molar-refractivity contribution in [2.24, 2.45) is 0 Å². The molecule has 3 rings (SSSR count). The normalized spacial score (nSPS) is 20.2. The number of carbonyl (C=O) groups is 2. The number of amides is 1. The van der Waals surface area contributed by atoms with Crippen LogP contribution in [0.1, 0.15) is 23.2 Å². The third kappa shape index (κ3) is 2.41. The molecule has 1 saturated heterocycles. The lowest BCUT2D eigenvalue weighted by Gasteiger charge is -2.25. The number of para-hydroxylation sites is 1. The van der Waals surface area contributed by atoms with Gasteiger partial charge in [0.1, 0.15) is 19.3 Å². The minimum absolute atomic E-state index is 0.217. The highest BCUT2D eigenvalue weighted by molar-refractivity contribution is 6.00. The van der Waals surface area contributed by atoms with E-state index in [1.54, 1.807) is 23.1 Å². The summed E-state index contributed by atoms with van der Waals surface area (Å²) in [5.41, 5.74) is 0.433. The van der Waals surface area contributed by atoms with E-state index in [1.165, 1.54) is 7.11 Å². The van der Waals surface area contributed by atoms with E-state index in [4.69, 9.17) is 14.2 Å². The number of ether oxygens (including phenoxy) is 3. The summed E-state index contributed by atoms with van der Waals surface area (Å²) in [5, 5.41) is 0. The molecule has 21 heavy (non-hydrogen) atoms. The summed E-state index contributed by atoms with van der Waals surface area (Å²) in [6.07, 6.45) is 1.42. The average Bonchev–Trinajstić information content (AvgIpc) is 3.02. The summed E-state index contributed by atoms with van der Waals surface area (Å²) in [6, 6.07) is 4.71. The minimum Gasteiger partial charge on any atom is -0.486 e. The van der Waals surface area contributed by atoms with Gasteiger partial charge in [-0.1, -0.05) is 6.07 Å². The van der Waals surface area contributed by atoms with Crippen LogP contribution in [0, 0.1) is 0 Å². The number of likely N-dealkylation sites (tertiary alicyclic amines) is 1. The number of nitrogens with zero attached hydrogens (tertiary/aromatic N) is 1. The molecular weight excluding hydrogens is 274 g/mol. The van der Waals surface area contributed by atoms with E-state index in [1.807, 2.05) is 0 Å². The second-order valence-corrected chi connectivity index (χ2v) is 5.01. The Morgan fingerprint density at radius 3 is 2.90 bits per heavy atom. The minimum atomic E-state index is -0.511. The van der Waals surface area contributed by atoms with Gasteiger partial charge in [0.05, 0.1) is 12.7 Å². The topological polar surface area (TPSA) is 65.1 Å². The molecule has 1 fully saturated rings. The molecule has 1 amide bonds. The van der Waals surface area contributed by atoms with Crippen molar-refractivity contribution in [1.29, 1.82) is 0 Å². The van der Waals surface area contributed by atoms with Crippen LogP contribution in [0.2, 0.25) is 0 Å². The third-order valence-electron chi connectivity index (χ3n) is 3.78. The molecule has 0 bridgehead atoms. The summed E-state index contributed by atoms with van der Waals surface area (Å²) < 4.78 is 15.8. The van der Waals surface area contributed by atoms with Crippen molar-refractivity contribution >= 4 is 11.9 Å². The number of carbonyl (C=O) groups excluding carboxylic acids is 2. The maximum atomic E-state index is 12.7. The number of hydrogen-bond acceptors (Lipinski definition) is 5. The molecule has 6 nitrogen and oxygen atoms in total. The Kier molecular flexibility index (Phi) is 3.68. The van der Waals surface area contributed by atoms with E-state index >= 15 is 0 Å². The molecule has 0 saturated carbocycles. The van der Waals surface area contributed by atoms with E-state index in [0.29, 0.717) is 43.2 Å². The van der Waals surface area contributed by atoms with Gasteiger partial charge in [0, 0.05) is 6.54 Å². The van der Waals surface area contributed by atoms with Crippen LogP contribution in [-0.2, 0) is 9.53 Å². The Labute approximate surface area is 122 Å². The summed E-state index contributed by atoms with van der Waals surface area (Å²) in [5.74, 6) is 0.443. The van der Waals surface area contributed by atoms with Crippen LogP contribution in [-0.4, -0.2) is 49.7 Å². The van der Waals surface area contributed by atoms with Crippen molar-refractivity contribution in [2.45, 2.75) is 18.9 Å². The van der Waals surface area contributed by atoms with Crippen molar-refractivity contribution in [3.05, 3.63) is 23.8 Å². The Morgan fingerprint density at radius 2 is 2.10 bits per heavy atom. The van der Waals surface area contributed by atoms with Gasteiger partial charge in [0.15, 0.2) is 11.5 Å². The second kappa shape index (κ2) is 5.63. The first kappa shape index (κ1) is 13.7. The van der Waals surface area contributed by atoms with Gasteiger partial charge in [0.2, 0.25) is 0 Å². The number of rotatable bonds is 2. The SMILES string of the molecule is COC(=O)C1CCCN1C(=O)c1cccc2c1OCCO2. The van der Waals surface area contributed by atoms with Crippen LogP contribution >= 0.6 is 0 Å². The van der Waals surface area contributed by atoms with E-state index < -0.39 is 6.04 Å². The second-order valence-electron chi connectivity index (χ2n) is 5.01. The van der Waals surface area contributed by atoms with Gasteiger partial charge in [-0.15, -0.1) is 0 Å². The molecule has 0 aliphatic carbocycles. The van der Waals surface area contributed by atoms with Crippen molar-refractivity contribution in [3.8, 4) is 11.5 Å². The summed E-state index contributed by atoms with van der Waals surface area (Å²) in [4.78, 5) is 26.1. The average molecular weight is 291 g/mol. The first-order valence-corrected chi connectivity index (χ1v) is 7.00. The highest BCUT2D eigenvalue weighted by atomic mass is 16.6. The standard InChI is InChI=1S/C15H17NO5/c1-19-15(18)11-5-3-7-16(11)14(17)10-4-2-6-12-13(10)21-9-8-20-12/h2,4,6,11H,3,5,7-9H2,1H3. The quantitative estimate of drug-likeness (QED) is 0.767. The van der Waals surface area contributed by atoms with Gasteiger partial charge in [-0.25, -0.2) is 4.79 Å². The van der Waals surface area contributed by atoms with Crippen LogP contribution in [0.15, 0.2) is 18.2 Å². The third-order valence-corrected chi connectivity index (χ3v) is 3.78. The molecule has 112 valence electrons. The first-order valence-electron chi connectivity index (χ1n) is 7.00. The molecule has 2 aliphatic heterocycles. The van der Waals surface area contributed by atoms with E-state index in [2.05, 4.69) is 0 Å². The lowest BCUT2D eigenvalue weighted by Crippen LogP contribution is -2.41. The van der Waals surface area contributed by atoms with Crippen LogP contribution in [0.25, 0.3) is 0 Å². The lowest BCUT2D eigenvalue weighted by atomic mass is 10.1. The highest BCUT2D eigenvalue weighted by Crippen LogP contribution is 2.35. The van der Waals surface area contributed by atoms with Crippen LogP contribution in [0.3, 0.4) is 0 Å². The van der Waals surface area contributed by atoms with Crippen molar-refractivity contribution in [3.63, 3.8) is 0 Å². The van der Waals surface area contributed by atoms with Crippen LogP contribution in [0.5, 0.6) is 11.5 Å². The summed E-state index contributed by atoms with van der Waals surface area (Å²) in [7, 11) is 1.34. The molecule has 1 aromatic rings. The zero-order valence-corrected chi connectivity index (χ0v) is 11.8. The van der Waals surface area contributed by atoms with Crippen LogP contribution in [0.4, 0.5) is 0 Å². The molecule has 2 heterocycles. The fourth-order valence-corrected chi connectivity index (χ4v) is 2.79. The maximum Gasteiger partial charge on any atom is 0.328 e. The number of esters is 1. The van der Waals surface area contributed by atoms with Crippen molar-refractivity contribution < 1.29 is 23.8 Å². The molecule has 1 unspecified atom stereocenters. The number of fused-ring (bicyclic) bond motifs is 1. The lowest BCUT2D eigenvalue weighted by molar-refractivity contribution is -0.145. The highest BCUT2D eigenvalue weighted by Gasteiger charge is 2.36. The Bertz CT molecular complexity index is 571. The van der Waals surface area contributed by atoms with Gasteiger partial charge >= 0.3 is 5.97 Å². The summed E-state index contributed by atoms with van der Waals surface area (Å²) in [6.45, 7) is 1.43. The Balaban J connectivity index is 1.90. The Morgan fingerprint density at radius 1 is 1.29 bits per heavy atom. The van der Waals surface area contributed by atoms with Gasteiger partial charge in [-0.05, 0) is 25.0 Å². The molecule has 1 atom stereocenters. The molecule has 2 aliphatic rings. The molecular formula is C15H17NO5. The van der Waals surface area contributed by atoms with Gasteiger partial charge in [-0.2, -0.15) is 0 Å². The predicted molar refractivity (Wildman–Crippen MR) is 73.5 cm³/mol. The molecule has 1 aromatic carbocycles. The fourth-order valence-electron chi connectivity index (χ4n) is 2.79. The smallest absolute Gasteiger partial charge is 0.328 e. The zero-order chi connectivity index (χ0) is 14.8. The van der Waals surface area contributed by atoms with Crippen LogP contribution < -0.4 is 9.47 Å². The van der Waals surface area contributed by atoms with E-state index in [9.17, 15) is 9.59 Å². The zero-order valence-electron chi connectivity index (χ0n) is 11.8. The number of benzene rings is 1. The Hall–Kier alpha value is -2.24. The van der Waals surface area contributed by atoms with E-state index in [-0.39, 0.29) is 11.9 Å². The molecule has 0 aromatic heterocycles.